The molecule has 1 aliphatic rings. The molecule has 106 valence electrons. The normalized spacial score (nSPS) is 19.3. The minimum Gasteiger partial charge on any atom is -0.327 e. The Morgan fingerprint density at radius 1 is 1.50 bits per heavy atom. The van der Waals surface area contributed by atoms with Gasteiger partial charge in [0.15, 0.2) is 0 Å². The zero-order valence-corrected chi connectivity index (χ0v) is 11.5. The van der Waals surface area contributed by atoms with E-state index in [1.54, 1.807) is 24.3 Å². The lowest BCUT2D eigenvalue weighted by Gasteiger charge is -2.30. The number of nitriles is 1. The van der Waals surface area contributed by atoms with Crippen molar-refractivity contribution >= 4 is 11.6 Å². The van der Waals surface area contributed by atoms with E-state index in [1.807, 2.05) is 0 Å². The lowest BCUT2D eigenvalue weighted by atomic mass is 10.1. The maximum atomic E-state index is 11.9. The molecule has 1 fully saturated rings. The lowest BCUT2D eigenvalue weighted by Crippen LogP contribution is -2.43. The summed E-state index contributed by atoms with van der Waals surface area (Å²) in [6.45, 7) is 2.59. The van der Waals surface area contributed by atoms with Gasteiger partial charge in [0.25, 0.3) is 0 Å². The number of anilines is 1. The van der Waals surface area contributed by atoms with Crippen LogP contribution in [-0.2, 0) is 4.79 Å². The number of hydrogen-bond donors (Lipinski definition) is 2. The summed E-state index contributed by atoms with van der Waals surface area (Å²) in [5.74, 6) is -0.0631. The lowest BCUT2D eigenvalue weighted by molar-refractivity contribution is -0.116. The molecule has 1 atom stereocenters. The standard InChI is InChI=1S/C15H20N4O/c16-10-12-4-1-2-6-14(12)18-15(20)7-9-19-8-3-5-13(17)11-19/h1-2,4,6,13H,3,5,7-9,11,17H2,(H,18,20). The second-order valence-corrected chi connectivity index (χ2v) is 5.16. The number of rotatable bonds is 4. The fourth-order valence-corrected chi connectivity index (χ4v) is 2.46. The Morgan fingerprint density at radius 3 is 3.05 bits per heavy atom. The van der Waals surface area contributed by atoms with Gasteiger partial charge in [0.05, 0.1) is 11.3 Å². The van der Waals surface area contributed by atoms with Crippen LogP contribution in [0.5, 0.6) is 0 Å². The molecule has 0 spiro atoms. The summed E-state index contributed by atoms with van der Waals surface area (Å²) >= 11 is 0. The third kappa shape index (κ3) is 4.05. The van der Waals surface area contributed by atoms with E-state index in [0.717, 1.165) is 25.9 Å². The van der Waals surface area contributed by atoms with Crippen LogP contribution in [-0.4, -0.2) is 36.5 Å². The average Bonchev–Trinajstić information content (AvgIpc) is 2.46. The van der Waals surface area contributed by atoms with Crippen molar-refractivity contribution in [3.63, 3.8) is 0 Å². The quantitative estimate of drug-likeness (QED) is 0.865. The molecule has 5 heteroatoms. The summed E-state index contributed by atoms with van der Waals surface area (Å²) < 4.78 is 0. The predicted octanol–water partition coefficient (Wildman–Crippen LogP) is 1.31. The van der Waals surface area contributed by atoms with Gasteiger partial charge in [0.1, 0.15) is 6.07 Å². The highest BCUT2D eigenvalue weighted by Gasteiger charge is 2.17. The van der Waals surface area contributed by atoms with Crippen molar-refractivity contribution in [3.8, 4) is 6.07 Å². The molecule has 1 amide bonds. The van der Waals surface area contributed by atoms with Crippen molar-refractivity contribution in [3.05, 3.63) is 29.8 Å². The number of benzene rings is 1. The monoisotopic (exact) mass is 272 g/mol. The van der Waals surface area contributed by atoms with Gasteiger partial charge in [-0.15, -0.1) is 0 Å². The molecule has 0 saturated carbocycles. The molecular weight excluding hydrogens is 252 g/mol. The fourth-order valence-electron chi connectivity index (χ4n) is 2.46. The molecule has 1 aromatic carbocycles. The summed E-state index contributed by atoms with van der Waals surface area (Å²) in [5, 5.41) is 11.8. The molecule has 0 aromatic heterocycles. The summed E-state index contributed by atoms with van der Waals surface area (Å²) in [6, 6.07) is 9.32. The number of nitrogens with one attached hydrogen (secondary N) is 1. The van der Waals surface area contributed by atoms with Gasteiger partial charge in [0.2, 0.25) is 5.91 Å². The largest absolute Gasteiger partial charge is 0.327 e. The Labute approximate surface area is 119 Å². The van der Waals surface area contributed by atoms with Gasteiger partial charge in [-0.25, -0.2) is 0 Å². The second kappa shape index (κ2) is 7.04. The van der Waals surface area contributed by atoms with Crippen LogP contribution in [0.25, 0.3) is 0 Å². The third-order valence-corrected chi connectivity index (χ3v) is 3.52. The van der Waals surface area contributed by atoms with E-state index in [2.05, 4.69) is 16.3 Å². The Balaban J connectivity index is 1.82. The molecule has 2 rings (SSSR count). The van der Waals surface area contributed by atoms with E-state index in [9.17, 15) is 4.79 Å². The summed E-state index contributed by atoms with van der Waals surface area (Å²) in [5.41, 5.74) is 6.98. The highest BCUT2D eigenvalue weighted by atomic mass is 16.1. The zero-order chi connectivity index (χ0) is 14.4. The van der Waals surface area contributed by atoms with Crippen molar-refractivity contribution in [1.29, 1.82) is 5.26 Å². The number of carbonyl (C=O) groups is 1. The number of hydrogen-bond acceptors (Lipinski definition) is 4. The van der Waals surface area contributed by atoms with E-state index in [4.69, 9.17) is 11.0 Å². The van der Waals surface area contributed by atoms with E-state index in [-0.39, 0.29) is 11.9 Å². The van der Waals surface area contributed by atoms with Crippen molar-refractivity contribution in [2.75, 3.05) is 25.0 Å². The number of piperidine rings is 1. The van der Waals surface area contributed by atoms with Crippen LogP contribution in [0.15, 0.2) is 24.3 Å². The smallest absolute Gasteiger partial charge is 0.225 e. The van der Waals surface area contributed by atoms with Crippen LogP contribution >= 0.6 is 0 Å². The highest BCUT2D eigenvalue weighted by Crippen LogP contribution is 2.14. The zero-order valence-electron chi connectivity index (χ0n) is 11.5. The number of nitrogens with two attached hydrogens (primary N) is 1. The predicted molar refractivity (Wildman–Crippen MR) is 78.1 cm³/mol. The third-order valence-electron chi connectivity index (χ3n) is 3.52. The minimum absolute atomic E-state index is 0.0631. The highest BCUT2D eigenvalue weighted by molar-refractivity contribution is 5.92. The Morgan fingerprint density at radius 2 is 2.30 bits per heavy atom. The second-order valence-electron chi connectivity index (χ2n) is 5.16. The van der Waals surface area contributed by atoms with Gasteiger partial charge >= 0.3 is 0 Å². The topological polar surface area (TPSA) is 82.2 Å². The Hall–Kier alpha value is -1.90. The first-order valence-electron chi connectivity index (χ1n) is 6.96. The number of carbonyl (C=O) groups excluding carboxylic acids is 1. The van der Waals surface area contributed by atoms with Gasteiger partial charge in [-0.1, -0.05) is 12.1 Å². The van der Waals surface area contributed by atoms with Crippen molar-refractivity contribution in [2.45, 2.75) is 25.3 Å². The van der Waals surface area contributed by atoms with E-state index in [1.165, 1.54) is 0 Å². The number of amides is 1. The molecule has 1 unspecified atom stereocenters. The molecule has 20 heavy (non-hydrogen) atoms. The molecule has 5 nitrogen and oxygen atoms in total. The first-order chi connectivity index (χ1) is 9.69. The SMILES string of the molecule is N#Cc1ccccc1NC(=O)CCN1CCCC(N)C1. The van der Waals surface area contributed by atoms with Crippen LogP contribution < -0.4 is 11.1 Å². The van der Waals surface area contributed by atoms with Crippen LogP contribution in [0.4, 0.5) is 5.69 Å². The van der Waals surface area contributed by atoms with E-state index >= 15 is 0 Å². The van der Waals surface area contributed by atoms with Crippen molar-refractivity contribution < 1.29 is 4.79 Å². The molecule has 1 heterocycles. The number of para-hydroxylation sites is 1. The van der Waals surface area contributed by atoms with Gasteiger partial charge in [-0.2, -0.15) is 5.26 Å². The van der Waals surface area contributed by atoms with Crippen molar-refractivity contribution in [2.24, 2.45) is 5.73 Å². The van der Waals surface area contributed by atoms with E-state index in [0.29, 0.717) is 24.2 Å². The number of nitrogens with zero attached hydrogens (tertiary/aromatic N) is 2. The van der Waals surface area contributed by atoms with Gasteiger partial charge in [-0.05, 0) is 31.5 Å². The molecular formula is C15H20N4O. The Bertz CT molecular complexity index is 509. The summed E-state index contributed by atoms with van der Waals surface area (Å²) in [4.78, 5) is 14.2. The average molecular weight is 272 g/mol. The summed E-state index contributed by atoms with van der Waals surface area (Å²) in [7, 11) is 0. The molecule has 1 aliphatic heterocycles. The number of likely N-dealkylation sites (tertiary alicyclic amines) is 1. The maximum Gasteiger partial charge on any atom is 0.225 e. The van der Waals surface area contributed by atoms with Crippen LogP contribution in [0, 0.1) is 11.3 Å². The molecule has 0 bridgehead atoms. The molecule has 0 aliphatic carbocycles. The molecule has 3 N–H and O–H groups in total. The minimum atomic E-state index is -0.0631. The van der Waals surface area contributed by atoms with Crippen molar-refractivity contribution in [1.82, 2.24) is 4.90 Å². The van der Waals surface area contributed by atoms with Gasteiger partial charge in [0, 0.05) is 25.6 Å². The van der Waals surface area contributed by atoms with Gasteiger partial charge < -0.3 is 16.0 Å². The maximum absolute atomic E-state index is 11.9. The first kappa shape index (κ1) is 14.5. The summed E-state index contributed by atoms with van der Waals surface area (Å²) in [6.07, 6.45) is 2.59. The first-order valence-corrected chi connectivity index (χ1v) is 6.96. The van der Waals surface area contributed by atoms with E-state index < -0.39 is 0 Å². The molecule has 0 radical (unpaired) electrons. The molecule has 1 saturated heterocycles. The fraction of sp³-hybridized carbons (Fsp3) is 0.467. The van der Waals surface area contributed by atoms with Crippen LogP contribution in [0.1, 0.15) is 24.8 Å². The van der Waals surface area contributed by atoms with Crippen LogP contribution in [0.3, 0.4) is 0 Å². The molecule has 1 aromatic rings. The Kier molecular flexibility index (Phi) is 5.10. The van der Waals surface area contributed by atoms with Gasteiger partial charge in [-0.3, -0.25) is 4.79 Å². The van der Waals surface area contributed by atoms with Crippen LogP contribution in [0.2, 0.25) is 0 Å².